The number of ketones is 1. The number of hydrogen-bond acceptors (Lipinski definition) is 5. The van der Waals surface area contributed by atoms with Crippen LogP contribution in [0.4, 0.5) is 11.4 Å². The predicted octanol–water partition coefficient (Wildman–Crippen LogP) is 4.01. The highest BCUT2D eigenvalue weighted by atomic mass is 16.4. The number of anilines is 2. The lowest BCUT2D eigenvalue weighted by Gasteiger charge is -2.14. The molecule has 3 aromatic carbocycles. The molecule has 0 fully saturated rings. The normalized spacial score (nSPS) is 10.6. The zero-order chi connectivity index (χ0) is 22.0. The third kappa shape index (κ3) is 3.97. The van der Waals surface area contributed by atoms with Crippen LogP contribution in [-0.4, -0.2) is 27.8 Å². The summed E-state index contributed by atoms with van der Waals surface area (Å²) < 4.78 is 0. The van der Waals surface area contributed by atoms with Crippen LogP contribution in [0, 0.1) is 0 Å². The molecule has 0 unspecified atom stereocenters. The summed E-state index contributed by atoms with van der Waals surface area (Å²) in [6, 6.07) is 19.9. The minimum Gasteiger partial charge on any atom is -0.478 e. The molecule has 0 aliphatic carbocycles. The Kier molecular flexibility index (Phi) is 5.15. The minimum absolute atomic E-state index is 0.0970. The second kappa shape index (κ2) is 8.08. The molecule has 4 N–H and O–H groups in total. The fraction of sp³-hybridized carbons (Fsp3) is 0. The van der Waals surface area contributed by atoms with Gasteiger partial charge in [-0.1, -0.05) is 30.3 Å². The lowest BCUT2D eigenvalue weighted by molar-refractivity contribution is 0.0696. The highest BCUT2D eigenvalue weighted by Crippen LogP contribution is 2.30. The van der Waals surface area contributed by atoms with E-state index in [2.05, 4.69) is 10.3 Å². The number of rotatable bonds is 6. The number of nitrogens with zero attached hydrogens (tertiary/aromatic N) is 1. The summed E-state index contributed by atoms with van der Waals surface area (Å²) in [7, 11) is 0. The monoisotopic (exact) mass is 411 g/mol. The SMILES string of the molecule is NC(=O)c1cnc2ccc(C(=O)c3ccc(C(=O)O)cc3)cc2c1Nc1ccccc1. The number of fused-ring (bicyclic) bond motifs is 1. The van der Waals surface area contributed by atoms with E-state index in [1.165, 1.54) is 30.5 Å². The van der Waals surface area contributed by atoms with E-state index in [4.69, 9.17) is 10.8 Å². The molecule has 0 aliphatic heterocycles. The number of amides is 1. The highest BCUT2D eigenvalue weighted by Gasteiger charge is 2.17. The van der Waals surface area contributed by atoms with Gasteiger partial charge in [-0.05, 0) is 42.5 Å². The number of hydrogen-bond donors (Lipinski definition) is 3. The molecule has 0 saturated carbocycles. The summed E-state index contributed by atoms with van der Waals surface area (Å²) in [5.41, 5.74) is 8.36. The van der Waals surface area contributed by atoms with Crippen molar-refractivity contribution in [2.75, 3.05) is 5.32 Å². The molecule has 0 spiro atoms. The van der Waals surface area contributed by atoms with Gasteiger partial charge >= 0.3 is 5.97 Å². The first kappa shape index (κ1) is 19.8. The number of carbonyl (C=O) groups excluding carboxylic acids is 2. The Bertz CT molecular complexity index is 1320. The van der Waals surface area contributed by atoms with Crippen molar-refractivity contribution < 1.29 is 19.5 Å². The molecule has 4 rings (SSSR count). The van der Waals surface area contributed by atoms with E-state index >= 15 is 0 Å². The average molecular weight is 411 g/mol. The Morgan fingerprint density at radius 1 is 0.839 bits per heavy atom. The van der Waals surface area contributed by atoms with E-state index in [1.54, 1.807) is 18.2 Å². The first-order valence-corrected chi connectivity index (χ1v) is 9.37. The van der Waals surface area contributed by atoms with Gasteiger partial charge in [0, 0.05) is 28.4 Å². The van der Waals surface area contributed by atoms with Gasteiger partial charge < -0.3 is 16.2 Å². The molecule has 4 aromatic rings. The van der Waals surface area contributed by atoms with Crippen LogP contribution in [0.1, 0.15) is 36.6 Å². The molecule has 0 aliphatic rings. The van der Waals surface area contributed by atoms with Crippen LogP contribution in [0.5, 0.6) is 0 Å². The number of para-hydroxylation sites is 1. The van der Waals surface area contributed by atoms with Crippen molar-refractivity contribution in [3.63, 3.8) is 0 Å². The summed E-state index contributed by atoms with van der Waals surface area (Å²) in [5.74, 6) is -1.99. The number of benzene rings is 3. The molecule has 0 radical (unpaired) electrons. The maximum Gasteiger partial charge on any atom is 0.335 e. The minimum atomic E-state index is -1.06. The van der Waals surface area contributed by atoms with Crippen LogP contribution in [-0.2, 0) is 0 Å². The van der Waals surface area contributed by atoms with Crippen molar-refractivity contribution in [3.8, 4) is 0 Å². The average Bonchev–Trinajstić information content (AvgIpc) is 2.79. The number of nitrogens with one attached hydrogen (secondary N) is 1. The summed E-state index contributed by atoms with van der Waals surface area (Å²) >= 11 is 0. The Morgan fingerprint density at radius 2 is 1.48 bits per heavy atom. The first-order valence-electron chi connectivity index (χ1n) is 9.37. The van der Waals surface area contributed by atoms with Crippen molar-refractivity contribution >= 4 is 39.9 Å². The molecule has 1 aromatic heterocycles. The van der Waals surface area contributed by atoms with Crippen LogP contribution in [0.2, 0.25) is 0 Å². The molecule has 0 atom stereocenters. The summed E-state index contributed by atoms with van der Waals surface area (Å²) in [6.07, 6.45) is 1.40. The van der Waals surface area contributed by atoms with Crippen molar-refractivity contribution in [2.24, 2.45) is 5.73 Å². The molecule has 31 heavy (non-hydrogen) atoms. The smallest absolute Gasteiger partial charge is 0.335 e. The highest BCUT2D eigenvalue weighted by molar-refractivity contribution is 6.13. The van der Waals surface area contributed by atoms with Crippen LogP contribution < -0.4 is 11.1 Å². The number of aromatic nitrogens is 1. The number of carboxylic acid groups (broad SMARTS) is 1. The van der Waals surface area contributed by atoms with Gasteiger partial charge in [0.2, 0.25) is 0 Å². The summed E-state index contributed by atoms with van der Waals surface area (Å²) in [4.78, 5) is 40.3. The maximum atomic E-state index is 13.0. The van der Waals surface area contributed by atoms with E-state index in [0.717, 1.165) is 5.69 Å². The largest absolute Gasteiger partial charge is 0.478 e. The van der Waals surface area contributed by atoms with Gasteiger partial charge in [-0.25, -0.2) is 4.79 Å². The quantitative estimate of drug-likeness (QED) is 0.412. The topological polar surface area (TPSA) is 122 Å². The Morgan fingerprint density at radius 3 is 2.13 bits per heavy atom. The van der Waals surface area contributed by atoms with Gasteiger partial charge in [0.15, 0.2) is 5.78 Å². The number of nitrogens with two attached hydrogens (primary N) is 1. The van der Waals surface area contributed by atoms with Crippen molar-refractivity contribution in [2.45, 2.75) is 0 Å². The molecule has 1 heterocycles. The fourth-order valence-corrected chi connectivity index (χ4v) is 3.25. The lowest BCUT2D eigenvalue weighted by Crippen LogP contribution is -2.14. The van der Waals surface area contributed by atoms with E-state index in [1.807, 2.05) is 30.3 Å². The standard InChI is InChI=1S/C24H17N3O4/c25-23(29)19-13-26-20-11-10-16(22(28)14-6-8-15(9-7-14)24(30)31)12-18(20)21(19)27-17-4-2-1-3-5-17/h1-13H,(H2,25,29)(H,26,27)(H,30,31). The molecule has 1 amide bonds. The maximum absolute atomic E-state index is 13.0. The van der Waals surface area contributed by atoms with E-state index in [0.29, 0.717) is 27.7 Å². The van der Waals surface area contributed by atoms with Gasteiger partial charge in [-0.3, -0.25) is 14.6 Å². The van der Waals surface area contributed by atoms with Crippen LogP contribution >= 0.6 is 0 Å². The second-order valence-corrected chi connectivity index (χ2v) is 6.85. The molecule has 0 bridgehead atoms. The summed E-state index contributed by atoms with van der Waals surface area (Å²) in [6.45, 7) is 0. The van der Waals surface area contributed by atoms with Crippen LogP contribution in [0.25, 0.3) is 10.9 Å². The second-order valence-electron chi connectivity index (χ2n) is 6.85. The van der Waals surface area contributed by atoms with Crippen LogP contribution in [0.3, 0.4) is 0 Å². The molecule has 7 heteroatoms. The summed E-state index contributed by atoms with van der Waals surface area (Å²) in [5, 5.41) is 12.8. The lowest BCUT2D eigenvalue weighted by atomic mass is 9.99. The zero-order valence-corrected chi connectivity index (χ0v) is 16.2. The van der Waals surface area contributed by atoms with Crippen molar-refractivity contribution in [1.82, 2.24) is 4.98 Å². The molecule has 0 saturated heterocycles. The van der Waals surface area contributed by atoms with E-state index in [9.17, 15) is 14.4 Å². The Hall–Kier alpha value is -4.52. The van der Waals surface area contributed by atoms with Gasteiger partial charge in [0.1, 0.15) is 0 Å². The number of carboxylic acids is 1. The van der Waals surface area contributed by atoms with Gasteiger partial charge in [-0.15, -0.1) is 0 Å². The molecular formula is C24H17N3O4. The van der Waals surface area contributed by atoms with Crippen molar-refractivity contribution in [1.29, 1.82) is 0 Å². The third-order valence-electron chi connectivity index (χ3n) is 4.83. The predicted molar refractivity (Wildman–Crippen MR) is 117 cm³/mol. The van der Waals surface area contributed by atoms with E-state index < -0.39 is 11.9 Å². The molecule has 152 valence electrons. The number of primary amides is 1. The number of pyridine rings is 1. The third-order valence-corrected chi connectivity index (χ3v) is 4.83. The molecule has 7 nitrogen and oxygen atoms in total. The van der Waals surface area contributed by atoms with E-state index in [-0.39, 0.29) is 16.9 Å². The zero-order valence-electron chi connectivity index (χ0n) is 16.2. The molecular weight excluding hydrogens is 394 g/mol. The number of aromatic carboxylic acids is 1. The fourth-order valence-electron chi connectivity index (χ4n) is 3.25. The first-order chi connectivity index (χ1) is 14.9. The Labute approximate surface area is 177 Å². The van der Waals surface area contributed by atoms with Gasteiger partial charge in [0.05, 0.1) is 22.3 Å². The number of carbonyl (C=O) groups is 3. The van der Waals surface area contributed by atoms with Crippen molar-refractivity contribution in [3.05, 3.63) is 101 Å². The van der Waals surface area contributed by atoms with Crippen LogP contribution in [0.15, 0.2) is 79.0 Å². The Balaban J connectivity index is 1.81. The van der Waals surface area contributed by atoms with Gasteiger partial charge in [-0.2, -0.15) is 0 Å². The van der Waals surface area contributed by atoms with Gasteiger partial charge in [0.25, 0.3) is 5.91 Å².